The average Bonchev–Trinajstić information content (AvgIpc) is 3.55. The number of nitrogens with zero attached hydrogens (tertiary/aromatic N) is 6. The van der Waals surface area contributed by atoms with Crippen LogP contribution in [0, 0.1) is 0 Å². The minimum atomic E-state index is -0.900. The van der Waals surface area contributed by atoms with Gasteiger partial charge in [0.05, 0.1) is 11.3 Å². The molecule has 1 unspecified atom stereocenters. The number of rotatable bonds is 8. The Kier molecular flexibility index (Phi) is 9.22. The van der Waals surface area contributed by atoms with E-state index < -0.39 is 11.6 Å². The molecule has 5 aromatic rings. The Morgan fingerprint density at radius 3 is 2.37 bits per heavy atom. The van der Waals surface area contributed by atoms with Crippen LogP contribution in [-0.2, 0) is 16.9 Å². The first-order chi connectivity index (χ1) is 23.8. The summed E-state index contributed by atoms with van der Waals surface area (Å²) in [6.45, 7) is 3.41. The number of fused-ring (bicyclic) bond motifs is 1. The van der Waals surface area contributed by atoms with E-state index in [1.54, 1.807) is 28.6 Å². The van der Waals surface area contributed by atoms with Crippen LogP contribution < -0.4 is 15.5 Å². The van der Waals surface area contributed by atoms with Crippen molar-refractivity contribution in [2.75, 3.05) is 50.0 Å². The highest BCUT2D eigenvalue weighted by molar-refractivity contribution is 6.30. The lowest BCUT2D eigenvalue weighted by Crippen LogP contribution is -2.59. The molecule has 49 heavy (non-hydrogen) atoms. The van der Waals surface area contributed by atoms with Gasteiger partial charge < -0.3 is 25.5 Å². The number of aromatic nitrogens is 3. The molecular formula is C37H39ClN8O3. The quantitative estimate of drug-likeness (QED) is 0.217. The number of carbonyl (C=O) groups excluding carboxylic acids is 2. The number of hydrogen-bond donors (Lipinski definition) is 3. The van der Waals surface area contributed by atoms with Crippen molar-refractivity contribution in [1.29, 1.82) is 0 Å². The van der Waals surface area contributed by atoms with E-state index in [4.69, 9.17) is 16.6 Å². The number of likely N-dealkylation sites (N-methyl/N-ethyl adjacent to an activating group) is 1. The molecule has 0 saturated carbocycles. The summed E-state index contributed by atoms with van der Waals surface area (Å²) in [5.41, 5.74) is 4.06. The number of piperazine rings is 1. The fourth-order valence-corrected chi connectivity index (χ4v) is 6.92. The fourth-order valence-electron chi connectivity index (χ4n) is 6.79. The van der Waals surface area contributed by atoms with E-state index in [1.807, 2.05) is 85.1 Å². The molecule has 0 aliphatic carbocycles. The number of halogens is 1. The van der Waals surface area contributed by atoms with Gasteiger partial charge in [0.2, 0.25) is 11.9 Å². The zero-order chi connectivity index (χ0) is 34.0. The van der Waals surface area contributed by atoms with E-state index in [0.29, 0.717) is 74.3 Å². The summed E-state index contributed by atoms with van der Waals surface area (Å²) in [6.07, 6.45) is 3.02. The average molecular weight is 679 g/mol. The summed E-state index contributed by atoms with van der Waals surface area (Å²) in [5.74, 6) is 0.222. The third-order valence-corrected chi connectivity index (χ3v) is 9.85. The van der Waals surface area contributed by atoms with Crippen molar-refractivity contribution < 1.29 is 14.7 Å². The molecule has 2 aliphatic rings. The summed E-state index contributed by atoms with van der Waals surface area (Å²) in [6, 6.07) is 28.3. The van der Waals surface area contributed by atoms with Gasteiger partial charge in [0, 0.05) is 68.8 Å². The van der Waals surface area contributed by atoms with Gasteiger partial charge in [-0.05, 0) is 72.5 Å². The van der Waals surface area contributed by atoms with Gasteiger partial charge in [-0.2, -0.15) is 4.98 Å². The lowest BCUT2D eigenvalue weighted by Gasteiger charge is -2.40. The van der Waals surface area contributed by atoms with Crippen molar-refractivity contribution in [3.05, 3.63) is 119 Å². The summed E-state index contributed by atoms with van der Waals surface area (Å²) in [5, 5.41) is 22.7. The monoisotopic (exact) mass is 678 g/mol. The SMILES string of the molecule is CNC(=O)C1CN(C(=O)c2ccc(Nc3nc4c(N5CCC(O)(c6ccc(Cl)cc6)CC5)cccn4n3)cc2)CCN1Cc1ccccc1. The zero-order valence-corrected chi connectivity index (χ0v) is 28.1. The van der Waals surface area contributed by atoms with Crippen molar-refractivity contribution in [2.24, 2.45) is 0 Å². The second kappa shape index (κ2) is 13.9. The number of pyridine rings is 1. The Labute approximate surface area is 290 Å². The van der Waals surface area contributed by atoms with E-state index in [2.05, 4.69) is 25.5 Å². The molecule has 7 rings (SSSR count). The molecule has 11 nitrogen and oxygen atoms in total. The molecule has 252 valence electrons. The van der Waals surface area contributed by atoms with Crippen molar-refractivity contribution in [3.63, 3.8) is 0 Å². The van der Waals surface area contributed by atoms with E-state index in [9.17, 15) is 14.7 Å². The lowest BCUT2D eigenvalue weighted by molar-refractivity contribution is -0.128. The second-order valence-electron chi connectivity index (χ2n) is 12.7. The van der Waals surface area contributed by atoms with Gasteiger partial charge in [-0.25, -0.2) is 4.52 Å². The van der Waals surface area contributed by atoms with Crippen LogP contribution >= 0.6 is 11.6 Å². The molecule has 12 heteroatoms. The van der Waals surface area contributed by atoms with Crippen LogP contribution in [-0.4, -0.2) is 87.1 Å². The number of hydrogen-bond acceptors (Lipinski definition) is 8. The molecule has 0 spiro atoms. The highest BCUT2D eigenvalue weighted by Gasteiger charge is 2.36. The zero-order valence-electron chi connectivity index (χ0n) is 27.3. The minimum absolute atomic E-state index is 0.101. The van der Waals surface area contributed by atoms with Crippen molar-refractivity contribution >= 4 is 46.4 Å². The summed E-state index contributed by atoms with van der Waals surface area (Å²) in [4.78, 5) is 37.3. The van der Waals surface area contributed by atoms with Gasteiger partial charge in [-0.1, -0.05) is 54.1 Å². The molecule has 3 aromatic carbocycles. The highest BCUT2D eigenvalue weighted by atomic mass is 35.5. The largest absolute Gasteiger partial charge is 0.385 e. The molecule has 2 aliphatic heterocycles. The third kappa shape index (κ3) is 6.96. The number of carbonyl (C=O) groups is 2. The van der Waals surface area contributed by atoms with Gasteiger partial charge in [0.1, 0.15) is 6.04 Å². The van der Waals surface area contributed by atoms with Crippen LogP contribution in [0.5, 0.6) is 0 Å². The molecule has 2 fully saturated rings. The van der Waals surface area contributed by atoms with E-state index in [0.717, 1.165) is 22.5 Å². The second-order valence-corrected chi connectivity index (χ2v) is 13.1. The number of amides is 2. The number of piperidine rings is 1. The Morgan fingerprint density at radius 1 is 0.918 bits per heavy atom. The number of aliphatic hydroxyl groups is 1. The van der Waals surface area contributed by atoms with E-state index in [1.165, 1.54) is 0 Å². The first-order valence-electron chi connectivity index (χ1n) is 16.5. The fraction of sp³-hybridized carbons (Fsp3) is 0.297. The standard InChI is InChI=1S/C37H39ClN8O3/c1-39-34(47)32-25-45(23-22-44(32)24-26-6-3-2-4-7-26)35(48)27-9-15-30(16-10-27)40-36-41-33-31(8-5-19-46(33)42-36)43-20-17-37(49,18-21-43)28-11-13-29(38)14-12-28/h2-16,19,32,49H,17-18,20-25H2,1H3,(H,39,47)(H,40,42). The Bertz CT molecular complexity index is 1930. The molecule has 1 atom stereocenters. The predicted molar refractivity (Wildman–Crippen MR) is 190 cm³/mol. The number of nitrogens with one attached hydrogen (secondary N) is 2. The van der Waals surface area contributed by atoms with Crippen LogP contribution in [0.3, 0.4) is 0 Å². The van der Waals surface area contributed by atoms with Gasteiger partial charge in [0.25, 0.3) is 5.91 Å². The molecular weight excluding hydrogens is 640 g/mol. The number of benzene rings is 3. The molecule has 2 amide bonds. The van der Waals surface area contributed by atoms with Crippen LogP contribution in [0.15, 0.2) is 97.2 Å². The van der Waals surface area contributed by atoms with Crippen LogP contribution in [0.2, 0.25) is 5.02 Å². The first kappa shape index (κ1) is 32.6. The van der Waals surface area contributed by atoms with E-state index in [-0.39, 0.29) is 11.8 Å². The van der Waals surface area contributed by atoms with Gasteiger partial charge >= 0.3 is 0 Å². The topological polar surface area (TPSA) is 118 Å². The normalized spacial score (nSPS) is 18.0. The third-order valence-electron chi connectivity index (χ3n) is 9.60. The highest BCUT2D eigenvalue weighted by Crippen LogP contribution is 2.36. The van der Waals surface area contributed by atoms with Gasteiger partial charge in [0.15, 0.2) is 5.65 Å². The smallest absolute Gasteiger partial charge is 0.253 e. The maximum atomic E-state index is 13.5. The molecule has 2 aromatic heterocycles. The summed E-state index contributed by atoms with van der Waals surface area (Å²) < 4.78 is 1.75. The van der Waals surface area contributed by atoms with Crippen molar-refractivity contribution in [2.45, 2.75) is 31.0 Å². The number of anilines is 3. The molecule has 4 heterocycles. The maximum absolute atomic E-state index is 13.5. The van der Waals surface area contributed by atoms with Crippen LogP contribution in [0.4, 0.5) is 17.3 Å². The van der Waals surface area contributed by atoms with Crippen molar-refractivity contribution in [1.82, 2.24) is 29.7 Å². The van der Waals surface area contributed by atoms with Crippen molar-refractivity contribution in [3.8, 4) is 0 Å². The first-order valence-corrected chi connectivity index (χ1v) is 16.9. The van der Waals surface area contributed by atoms with Crippen LogP contribution in [0.1, 0.15) is 34.3 Å². The predicted octanol–water partition coefficient (Wildman–Crippen LogP) is 4.69. The maximum Gasteiger partial charge on any atom is 0.253 e. The lowest BCUT2D eigenvalue weighted by atomic mass is 9.84. The van der Waals surface area contributed by atoms with Gasteiger partial charge in [-0.3, -0.25) is 14.5 Å². The summed E-state index contributed by atoms with van der Waals surface area (Å²) >= 11 is 6.06. The summed E-state index contributed by atoms with van der Waals surface area (Å²) in [7, 11) is 1.63. The molecule has 0 radical (unpaired) electrons. The van der Waals surface area contributed by atoms with Gasteiger partial charge in [-0.15, -0.1) is 5.10 Å². The van der Waals surface area contributed by atoms with E-state index >= 15 is 0 Å². The molecule has 0 bridgehead atoms. The minimum Gasteiger partial charge on any atom is -0.385 e. The molecule has 2 saturated heterocycles. The Balaban J connectivity index is 0.998. The Hall–Kier alpha value is -4.97. The molecule has 3 N–H and O–H groups in total. The van der Waals surface area contributed by atoms with Crippen LogP contribution in [0.25, 0.3) is 5.65 Å². The Morgan fingerprint density at radius 2 is 1.65 bits per heavy atom.